The third-order valence-corrected chi connectivity index (χ3v) is 4.80. The molecule has 21 heavy (non-hydrogen) atoms. The van der Waals surface area contributed by atoms with Gasteiger partial charge in [-0.15, -0.1) is 11.3 Å². The Bertz CT molecular complexity index is 701. The highest BCUT2D eigenvalue weighted by Gasteiger charge is 2.25. The van der Waals surface area contributed by atoms with E-state index in [-0.39, 0.29) is 17.8 Å². The lowest BCUT2D eigenvalue weighted by Gasteiger charge is -2.16. The molecular weight excluding hydrogens is 311 g/mol. The third-order valence-electron chi connectivity index (χ3n) is 3.46. The van der Waals surface area contributed by atoms with Gasteiger partial charge in [0.1, 0.15) is 5.82 Å². The molecule has 0 saturated carbocycles. The molecule has 3 nitrogen and oxygen atoms in total. The standard InChI is InChI=1S/C15H14ClFN2OS/c1-8(20)18-9-2-3-11(17)13(6-9)19-12-4-5-14-10(12)7-15(16)21-14/h2-3,6-7,12,19H,4-5H2,1H3,(H,18,20). The number of rotatable bonds is 3. The van der Waals surface area contributed by atoms with E-state index in [9.17, 15) is 9.18 Å². The van der Waals surface area contributed by atoms with Crippen molar-refractivity contribution < 1.29 is 9.18 Å². The third kappa shape index (κ3) is 3.04. The highest BCUT2D eigenvalue weighted by atomic mass is 35.5. The van der Waals surface area contributed by atoms with Crippen LogP contribution in [0.3, 0.4) is 0 Å². The highest BCUT2D eigenvalue weighted by Crippen LogP contribution is 2.41. The number of nitrogens with one attached hydrogen (secondary N) is 2. The van der Waals surface area contributed by atoms with Crippen LogP contribution in [0, 0.1) is 5.82 Å². The monoisotopic (exact) mass is 324 g/mol. The van der Waals surface area contributed by atoms with Crippen molar-refractivity contribution in [1.29, 1.82) is 0 Å². The quantitative estimate of drug-likeness (QED) is 0.866. The van der Waals surface area contributed by atoms with E-state index in [1.54, 1.807) is 23.5 Å². The normalized spacial score (nSPS) is 16.6. The summed E-state index contributed by atoms with van der Waals surface area (Å²) >= 11 is 7.61. The second kappa shape index (κ2) is 5.66. The summed E-state index contributed by atoms with van der Waals surface area (Å²) in [5.74, 6) is -0.515. The Morgan fingerprint density at radius 1 is 1.43 bits per heavy atom. The molecule has 0 fully saturated rings. The van der Waals surface area contributed by atoms with Crippen LogP contribution in [-0.2, 0) is 11.2 Å². The fourth-order valence-electron chi connectivity index (χ4n) is 2.58. The predicted octanol–water partition coefficient (Wildman–Crippen LogP) is 4.60. The van der Waals surface area contributed by atoms with E-state index >= 15 is 0 Å². The molecule has 0 spiro atoms. The summed E-state index contributed by atoms with van der Waals surface area (Å²) in [7, 11) is 0. The summed E-state index contributed by atoms with van der Waals surface area (Å²) < 4.78 is 14.7. The van der Waals surface area contributed by atoms with Crippen molar-refractivity contribution in [1.82, 2.24) is 0 Å². The zero-order chi connectivity index (χ0) is 15.0. The number of hydrogen-bond acceptors (Lipinski definition) is 3. The van der Waals surface area contributed by atoms with Gasteiger partial charge < -0.3 is 10.6 Å². The van der Waals surface area contributed by atoms with E-state index < -0.39 is 0 Å². The molecular formula is C15H14ClFN2OS. The van der Waals surface area contributed by atoms with E-state index in [1.807, 2.05) is 6.07 Å². The molecule has 3 rings (SSSR count). The van der Waals surface area contributed by atoms with Crippen LogP contribution >= 0.6 is 22.9 Å². The van der Waals surface area contributed by atoms with Crippen molar-refractivity contribution in [3.8, 4) is 0 Å². The van der Waals surface area contributed by atoms with Crippen molar-refractivity contribution in [2.75, 3.05) is 10.6 Å². The van der Waals surface area contributed by atoms with Gasteiger partial charge in [0.2, 0.25) is 5.91 Å². The van der Waals surface area contributed by atoms with Gasteiger partial charge in [0.25, 0.3) is 0 Å². The minimum atomic E-state index is -0.334. The lowest BCUT2D eigenvalue weighted by atomic mass is 10.1. The molecule has 0 aliphatic heterocycles. The topological polar surface area (TPSA) is 41.1 Å². The van der Waals surface area contributed by atoms with Crippen LogP contribution in [0.4, 0.5) is 15.8 Å². The molecule has 1 aromatic carbocycles. The van der Waals surface area contributed by atoms with Gasteiger partial charge in [-0.05, 0) is 42.7 Å². The minimum Gasteiger partial charge on any atom is -0.376 e. The van der Waals surface area contributed by atoms with Crippen molar-refractivity contribution in [3.05, 3.63) is 44.9 Å². The summed E-state index contributed by atoms with van der Waals surface area (Å²) in [6.07, 6.45) is 1.87. The van der Waals surface area contributed by atoms with Gasteiger partial charge in [0.05, 0.1) is 16.1 Å². The maximum Gasteiger partial charge on any atom is 0.221 e. The van der Waals surface area contributed by atoms with Crippen LogP contribution in [0.5, 0.6) is 0 Å². The van der Waals surface area contributed by atoms with Gasteiger partial charge in [-0.1, -0.05) is 11.6 Å². The molecule has 1 aliphatic rings. The molecule has 1 unspecified atom stereocenters. The van der Waals surface area contributed by atoms with Crippen LogP contribution in [0.2, 0.25) is 4.34 Å². The first-order valence-electron chi connectivity index (χ1n) is 6.64. The number of fused-ring (bicyclic) bond motifs is 1. The molecule has 110 valence electrons. The molecule has 2 aromatic rings. The fraction of sp³-hybridized carbons (Fsp3) is 0.267. The lowest BCUT2D eigenvalue weighted by Crippen LogP contribution is -2.10. The maximum absolute atomic E-state index is 13.9. The van der Waals surface area contributed by atoms with Gasteiger partial charge in [0.15, 0.2) is 0 Å². The number of aryl methyl sites for hydroxylation is 1. The Labute approximate surface area is 131 Å². The van der Waals surface area contributed by atoms with Gasteiger partial charge >= 0.3 is 0 Å². The van der Waals surface area contributed by atoms with Crippen molar-refractivity contribution in [2.24, 2.45) is 0 Å². The Kier molecular flexibility index (Phi) is 3.87. The largest absolute Gasteiger partial charge is 0.376 e. The zero-order valence-electron chi connectivity index (χ0n) is 11.4. The number of amides is 1. The summed E-state index contributed by atoms with van der Waals surface area (Å²) in [4.78, 5) is 12.3. The van der Waals surface area contributed by atoms with E-state index in [4.69, 9.17) is 11.6 Å². The second-order valence-electron chi connectivity index (χ2n) is 5.04. The molecule has 2 N–H and O–H groups in total. The van der Waals surface area contributed by atoms with Crippen molar-refractivity contribution in [2.45, 2.75) is 25.8 Å². The number of halogens is 2. The SMILES string of the molecule is CC(=O)Nc1ccc(F)c(NC2CCc3sc(Cl)cc32)c1. The summed E-state index contributed by atoms with van der Waals surface area (Å²) in [5, 5.41) is 5.87. The molecule has 1 amide bonds. The Morgan fingerprint density at radius 2 is 2.24 bits per heavy atom. The first-order valence-corrected chi connectivity index (χ1v) is 7.84. The van der Waals surface area contributed by atoms with E-state index in [2.05, 4.69) is 10.6 Å². The fourth-order valence-corrected chi connectivity index (χ4v) is 3.94. The smallest absolute Gasteiger partial charge is 0.221 e. The Balaban J connectivity index is 1.83. The van der Waals surface area contributed by atoms with Crippen LogP contribution in [0.15, 0.2) is 24.3 Å². The number of benzene rings is 1. The van der Waals surface area contributed by atoms with E-state index in [1.165, 1.54) is 17.9 Å². The average Bonchev–Trinajstić information content (AvgIpc) is 2.93. The number of carbonyl (C=O) groups is 1. The Hall–Kier alpha value is -1.59. The Morgan fingerprint density at radius 3 is 3.00 bits per heavy atom. The number of thiophene rings is 1. The van der Waals surface area contributed by atoms with E-state index in [0.717, 1.165) is 22.7 Å². The highest BCUT2D eigenvalue weighted by molar-refractivity contribution is 7.16. The van der Waals surface area contributed by atoms with E-state index in [0.29, 0.717) is 11.4 Å². The first kappa shape index (κ1) is 14.4. The van der Waals surface area contributed by atoms with Crippen LogP contribution in [0.25, 0.3) is 0 Å². The zero-order valence-corrected chi connectivity index (χ0v) is 12.9. The number of anilines is 2. The van der Waals surface area contributed by atoms with Crippen molar-refractivity contribution in [3.63, 3.8) is 0 Å². The summed E-state index contributed by atoms with van der Waals surface area (Å²) in [6, 6.07) is 6.52. The van der Waals surface area contributed by atoms with Crippen molar-refractivity contribution >= 4 is 40.2 Å². The van der Waals surface area contributed by atoms with Gasteiger partial charge in [-0.25, -0.2) is 4.39 Å². The minimum absolute atomic E-state index is 0.0610. The van der Waals surface area contributed by atoms with Gasteiger partial charge in [0, 0.05) is 17.5 Å². The molecule has 0 saturated heterocycles. The molecule has 6 heteroatoms. The second-order valence-corrected chi connectivity index (χ2v) is 6.81. The molecule has 0 bridgehead atoms. The molecule has 1 heterocycles. The number of carbonyl (C=O) groups excluding carboxylic acids is 1. The predicted molar refractivity (Wildman–Crippen MR) is 84.7 cm³/mol. The molecule has 1 aromatic heterocycles. The number of hydrogen-bond donors (Lipinski definition) is 2. The van der Waals surface area contributed by atoms with Crippen LogP contribution < -0.4 is 10.6 Å². The van der Waals surface area contributed by atoms with Gasteiger partial charge in [-0.3, -0.25) is 4.79 Å². The van der Waals surface area contributed by atoms with Crippen LogP contribution in [0.1, 0.15) is 29.8 Å². The average molecular weight is 325 g/mol. The molecule has 1 aliphatic carbocycles. The van der Waals surface area contributed by atoms with Gasteiger partial charge in [-0.2, -0.15) is 0 Å². The summed E-state index contributed by atoms with van der Waals surface area (Å²) in [6.45, 7) is 1.42. The lowest BCUT2D eigenvalue weighted by molar-refractivity contribution is -0.114. The van der Waals surface area contributed by atoms with Crippen LogP contribution in [-0.4, -0.2) is 5.91 Å². The summed E-state index contributed by atoms with van der Waals surface area (Å²) in [5.41, 5.74) is 2.11. The molecule has 0 radical (unpaired) electrons. The molecule has 1 atom stereocenters. The maximum atomic E-state index is 13.9. The first-order chi connectivity index (χ1) is 10.0.